The van der Waals surface area contributed by atoms with Gasteiger partial charge in [0.1, 0.15) is 5.75 Å². The number of halogens is 2. The van der Waals surface area contributed by atoms with E-state index in [-0.39, 0.29) is 26.5 Å². The second-order valence-electron chi connectivity index (χ2n) is 6.29. The van der Waals surface area contributed by atoms with Gasteiger partial charge in [0.15, 0.2) is 0 Å². The van der Waals surface area contributed by atoms with Gasteiger partial charge in [-0.05, 0) is 36.4 Å². The maximum atomic E-state index is 12.6. The monoisotopic (exact) mass is 448 g/mol. The molecule has 1 aliphatic heterocycles. The summed E-state index contributed by atoms with van der Waals surface area (Å²) in [5.74, 6) is 0.101. The molecule has 3 aromatic carbocycles. The molecule has 0 spiro atoms. The SMILES string of the molecule is O=C1Nc2cc(NS(=O)(=O)c3ccc(Cl)c(Cl)c3)ccc2OC1c1ccccc1. The van der Waals surface area contributed by atoms with Crippen molar-refractivity contribution in [1.29, 1.82) is 0 Å². The highest BCUT2D eigenvalue weighted by atomic mass is 35.5. The van der Waals surface area contributed by atoms with Crippen molar-refractivity contribution in [3.63, 3.8) is 0 Å². The molecule has 1 amide bonds. The molecular weight excluding hydrogens is 435 g/mol. The highest BCUT2D eigenvalue weighted by Gasteiger charge is 2.29. The molecule has 9 heteroatoms. The van der Waals surface area contributed by atoms with Crippen molar-refractivity contribution in [2.45, 2.75) is 11.0 Å². The summed E-state index contributed by atoms with van der Waals surface area (Å²) < 4.78 is 33.5. The fourth-order valence-corrected chi connectivity index (χ4v) is 4.32. The van der Waals surface area contributed by atoms with Gasteiger partial charge in [-0.15, -0.1) is 0 Å². The van der Waals surface area contributed by atoms with Gasteiger partial charge in [-0.1, -0.05) is 53.5 Å². The molecule has 6 nitrogen and oxygen atoms in total. The second kappa shape index (κ2) is 7.59. The second-order valence-corrected chi connectivity index (χ2v) is 8.79. The van der Waals surface area contributed by atoms with Gasteiger partial charge in [0.25, 0.3) is 15.9 Å². The minimum Gasteiger partial charge on any atom is -0.474 e. The minimum absolute atomic E-state index is 0.0333. The van der Waals surface area contributed by atoms with Crippen molar-refractivity contribution in [2.24, 2.45) is 0 Å². The Morgan fingerprint density at radius 2 is 1.69 bits per heavy atom. The van der Waals surface area contributed by atoms with Crippen LogP contribution in [0.4, 0.5) is 11.4 Å². The van der Waals surface area contributed by atoms with Crippen molar-refractivity contribution in [3.05, 3.63) is 82.3 Å². The summed E-state index contributed by atoms with van der Waals surface area (Å²) in [4.78, 5) is 12.4. The average Bonchev–Trinajstić information content (AvgIpc) is 2.69. The zero-order valence-corrected chi connectivity index (χ0v) is 17.1. The predicted molar refractivity (Wildman–Crippen MR) is 112 cm³/mol. The fraction of sp³-hybridized carbons (Fsp3) is 0.0500. The number of amides is 1. The van der Waals surface area contributed by atoms with Crippen LogP contribution in [0.5, 0.6) is 5.75 Å². The smallest absolute Gasteiger partial charge is 0.270 e. The Labute approximate surface area is 177 Å². The van der Waals surface area contributed by atoms with Crippen molar-refractivity contribution >= 4 is 50.5 Å². The lowest BCUT2D eigenvalue weighted by atomic mass is 10.1. The van der Waals surface area contributed by atoms with Crippen molar-refractivity contribution < 1.29 is 17.9 Å². The third-order valence-corrected chi connectivity index (χ3v) is 6.39. The zero-order chi connectivity index (χ0) is 20.6. The number of hydrogen-bond acceptors (Lipinski definition) is 4. The lowest BCUT2D eigenvalue weighted by Crippen LogP contribution is -2.30. The third kappa shape index (κ3) is 4.03. The molecule has 1 heterocycles. The Morgan fingerprint density at radius 3 is 2.41 bits per heavy atom. The number of rotatable bonds is 4. The Hall–Kier alpha value is -2.74. The number of ether oxygens (including phenoxy) is 1. The van der Waals surface area contributed by atoms with E-state index in [0.29, 0.717) is 11.4 Å². The summed E-state index contributed by atoms with van der Waals surface area (Å²) in [5, 5.41) is 3.14. The Bertz CT molecular complexity index is 1200. The van der Waals surface area contributed by atoms with E-state index in [4.69, 9.17) is 27.9 Å². The van der Waals surface area contributed by atoms with E-state index < -0.39 is 16.1 Å². The van der Waals surface area contributed by atoms with Crippen LogP contribution in [-0.4, -0.2) is 14.3 Å². The van der Waals surface area contributed by atoms with E-state index in [0.717, 1.165) is 5.56 Å². The molecule has 0 bridgehead atoms. The Balaban J connectivity index is 1.58. The number of sulfonamides is 1. The number of carbonyl (C=O) groups is 1. The Morgan fingerprint density at radius 1 is 0.931 bits per heavy atom. The topological polar surface area (TPSA) is 84.5 Å². The van der Waals surface area contributed by atoms with E-state index in [2.05, 4.69) is 10.0 Å². The first-order valence-corrected chi connectivity index (χ1v) is 10.7. The minimum atomic E-state index is -3.89. The molecule has 1 atom stereocenters. The average molecular weight is 449 g/mol. The van der Waals surface area contributed by atoms with Crippen molar-refractivity contribution in [3.8, 4) is 5.75 Å². The molecule has 1 aliphatic rings. The highest BCUT2D eigenvalue weighted by molar-refractivity contribution is 7.92. The number of anilines is 2. The van der Waals surface area contributed by atoms with E-state index >= 15 is 0 Å². The standard InChI is InChI=1S/C20H14Cl2N2O4S/c21-15-8-7-14(11-16(15)22)29(26,27)24-13-6-9-18-17(10-13)23-20(25)19(28-18)12-4-2-1-3-5-12/h1-11,19,24H,(H,23,25). The molecule has 0 fully saturated rings. The maximum absolute atomic E-state index is 12.6. The van der Waals surface area contributed by atoms with Crippen LogP contribution in [0.15, 0.2) is 71.6 Å². The molecule has 3 aromatic rings. The van der Waals surface area contributed by atoms with Crippen molar-refractivity contribution in [1.82, 2.24) is 0 Å². The molecule has 1 unspecified atom stereocenters. The first kappa shape index (κ1) is 19.6. The maximum Gasteiger partial charge on any atom is 0.270 e. The quantitative estimate of drug-likeness (QED) is 0.596. The zero-order valence-electron chi connectivity index (χ0n) is 14.7. The molecule has 2 N–H and O–H groups in total. The molecular formula is C20H14Cl2N2O4S. The molecule has 0 aromatic heterocycles. The van der Waals surface area contributed by atoms with Crippen LogP contribution in [0, 0.1) is 0 Å². The van der Waals surface area contributed by atoms with Gasteiger partial charge in [-0.2, -0.15) is 0 Å². The van der Waals surface area contributed by atoms with Crippen LogP contribution in [-0.2, 0) is 14.8 Å². The predicted octanol–water partition coefficient (Wildman–Crippen LogP) is 4.87. The van der Waals surface area contributed by atoms with Crippen LogP contribution in [0.2, 0.25) is 10.0 Å². The van der Waals surface area contributed by atoms with E-state index in [1.165, 1.54) is 24.3 Å². The van der Waals surface area contributed by atoms with Gasteiger partial charge in [0.05, 0.1) is 26.3 Å². The van der Waals surface area contributed by atoms with Gasteiger partial charge < -0.3 is 10.1 Å². The number of fused-ring (bicyclic) bond motifs is 1. The van der Waals surface area contributed by atoms with Gasteiger partial charge in [-0.3, -0.25) is 9.52 Å². The summed E-state index contributed by atoms with van der Waals surface area (Å²) in [7, 11) is -3.89. The molecule has 0 aliphatic carbocycles. The van der Waals surface area contributed by atoms with Crippen LogP contribution < -0.4 is 14.8 Å². The summed E-state index contributed by atoms with van der Waals surface area (Å²) in [6.45, 7) is 0. The van der Waals surface area contributed by atoms with Crippen LogP contribution in [0.1, 0.15) is 11.7 Å². The highest BCUT2D eigenvalue weighted by Crippen LogP contribution is 2.37. The number of hydrogen-bond donors (Lipinski definition) is 2. The fourth-order valence-electron chi connectivity index (χ4n) is 2.88. The summed E-state index contributed by atoms with van der Waals surface area (Å²) >= 11 is 11.7. The third-order valence-electron chi connectivity index (χ3n) is 4.28. The van der Waals surface area contributed by atoms with Crippen LogP contribution in [0.25, 0.3) is 0 Å². The summed E-state index contributed by atoms with van der Waals surface area (Å²) in [5.41, 5.74) is 1.36. The lowest BCUT2D eigenvalue weighted by molar-refractivity contribution is -0.123. The van der Waals surface area contributed by atoms with Gasteiger partial charge in [0, 0.05) is 5.56 Å². The Kier molecular flexibility index (Phi) is 5.12. The van der Waals surface area contributed by atoms with Crippen LogP contribution in [0.3, 0.4) is 0 Å². The normalized spacial score (nSPS) is 15.8. The molecule has 29 heavy (non-hydrogen) atoms. The van der Waals surface area contributed by atoms with Gasteiger partial charge in [-0.25, -0.2) is 8.42 Å². The van der Waals surface area contributed by atoms with E-state index in [1.54, 1.807) is 24.3 Å². The molecule has 148 valence electrons. The summed E-state index contributed by atoms with van der Waals surface area (Å²) in [6, 6.07) is 17.8. The van der Waals surface area contributed by atoms with Gasteiger partial charge >= 0.3 is 0 Å². The largest absolute Gasteiger partial charge is 0.474 e. The van der Waals surface area contributed by atoms with E-state index in [1.807, 2.05) is 18.2 Å². The molecule has 0 saturated heterocycles. The van der Waals surface area contributed by atoms with E-state index in [9.17, 15) is 13.2 Å². The van der Waals surface area contributed by atoms with Crippen LogP contribution >= 0.6 is 23.2 Å². The first-order chi connectivity index (χ1) is 13.8. The van der Waals surface area contributed by atoms with Gasteiger partial charge in [0.2, 0.25) is 6.10 Å². The number of nitrogens with one attached hydrogen (secondary N) is 2. The molecule has 0 saturated carbocycles. The number of benzene rings is 3. The number of carbonyl (C=O) groups excluding carboxylic acids is 1. The molecule has 4 rings (SSSR count). The van der Waals surface area contributed by atoms with Crippen molar-refractivity contribution in [2.75, 3.05) is 10.0 Å². The summed E-state index contributed by atoms with van der Waals surface area (Å²) in [6.07, 6.45) is -0.776. The lowest BCUT2D eigenvalue weighted by Gasteiger charge is -2.26. The molecule has 0 radical (unpaired) electrons. The first-order valence-electron chi connectivity index (χ1n) is 8.48.